The molecule has 1 heterocycles. The molecule has 0 aliphatic carbocycles. The van der Waals surface area contributed by atoms with Gasteiger partial charge >= 0.3 is 6.18 Å². The van der Waals surface area contributed by atoms with Crippen LogP contribution in [0.2, 0.25) is 0 Å². The molecule has 0 aromatic heterocycles. The number of benzene rings is 1. The molecule has 1 aromatic carbocycles. The molecular formula is C14H16F6N2. The molecule has 22 heavy (non-hydrogen) atoms. The van der Waals surface area contributed by atoms with E-state index in [1.165, 1.54) is 0 Å². The van der Waals surface area contributed by atoms with Crippen LogP contribution in [0.3, 0.4) is 0 Å². The van der Waals surface area contributed by atoms with Crippen LogP contribution < -0.4 is 5.32 Å². The topological polar surface area (TPSA) is 15.3 Å². The second-order valence-corrected chi connectivity index (χ2v) is 5.24. The van der Waals surface area contributed by atoms with E-state index >= 15 is 0 Å². The van der Waals surface area contributed by atoms with Crippen molar-refractivity contribution in [2.45, 2.75) is 25.1 Å². The SMILES string of the molecule is Fc1cc(F)c([C@H](CCC(F)(F)F)N2CCNCC2)cc1F. The number of hydrogen-bond donors (Lipinski definition) is 1. The minimum atomic E-state index is -4.39. The first-order valence-electron chi connectivity index (χ1n) is 6.94. The maximum atomic E-state index is 13.9. The summed E-state index contributed by atoms with van der Waals surface area (Å²) in [5.74, 6) is -3.63. The summed E-state index contributed by atoms with van der Waals surface area (Å²) in [6.07, 6.45) is -5.90. The van der Waals surface area contributed by atoms with Crippen molar-refractivity contribution in [2.24, 2.45) is 0 Å². The highest BCUT2D eigenvalue weighted by Crippen LogP contribution is 2.33. The smallest absolute Gasteiger partial charge is 0.314 e. The number of piperazine rings is 1. The molecule has 1 atom stereocenters. The van der Waals surface area contributed by atoms with Crippen molar-refractivity contribution in [1.82, 2.24) is 10.2 Å². The van der Waals surface area contributed by atoms with Gasteiger partial charge in [-0.15, -0.1) is 0 Å². The van der Waals surface area contributed by atoms with Crippen molar-refractivity contribution in [2.75, 3.05) is 26.2 Å². The summed E-state index contributed by atoms with van der Waals surface area (Å²) in [5.41, 5.74) is -0.231. The third-order valence-corrected chi connectivity index (χ3v) is 3.69. The first kappa shape index (κ1) is 17.1. The van der Waals surface area contributed by atoms with Crippen LogP contribution in [0.5, 0.6) is 0 Å². The average Bonchev–Trinajstić information content (AvgIpc) is 2.44. The number of nitrogens with one attached hydrogen (secondary N) is 1. The molecular weight excluding hydrogens is 310 g/mol. The minimum absolute atomic E-state index is 0.231. The van der Waals surface area contributed by atoms with Crippen molar-refractivity contribution in [1.29, 1.82) is 0 Å². The molecule has 2 rings (SSSR count). The van der Waals surface area contributed by atoms with Crippen molar-refractivity contribution in [3.63, 3.8) is 0 Å². The molecule has 1 fully saturated rings. The van der Waals surface area contributed by atoms with Gasteiger partial charge in [0.05, 0.1) is 0 Å². The molecule has 8 heteroatoms. The number of hydrogen-bond acceptors (Lipinski definition) is 2. The van der Waals surface area contributed by atoms with Gasteiger partial charge in [-0.05, 0) is 12.5 Å². The Kier molecular flexibility index (Phi) is 5.33. The van der Waals surface area contributed by atoms with Crippen LogP contribution in [0.15, 0.2) is 12.1 Å². The van der Waals surface area contributed by atoms with Crippen LogP contribution >= 0.6 is 0 Å². The predicted octanol–water partition coefficient (Wildman–Crippen LogP) is 3.39. The Morgan fingerprint density at radius 2 is 1.59 bits per heavy atom. The van der Waals surface area contributed by atoms with Gasteiger partial charge in [0.15, 0.2) is 11.6 Å². The van der Waals surface area contributed by atoms with E-state index in [1.54, 1.807) is 4.90 Å². The summed E-state index contributed by atoms with van der Waals surface area (Å²) in [5, 5.41) is 3.04. The van der Waals surface area contributed by atoms with E-state index in [9.17, 15) is 26.3 Å². The van der Waals surface area contributed by atoms with Crippen LogP contribution in [-0.4, -0.2) is 37.3 Å². The van der Waals surface area contributed by atoms with Crippen LogP contribution in [0.1, 0.15) is 24.4 Å². The summed E-state index contributed by atoms with van der Waals surface area (Å²) in [6, 6.07) is 0.111. The van der Waals surface area contributed by atoms with Crippen molar-refractivity contribution < 1.29 is 26.3 Å². The molecule has 0 bridgehead atoms. The molecule has 1 aromatic rings. The van der Waals surface area contributed by atoms with E-state index in [0.29, 0.717) is 38.3 Å². The Hall–Kier alpha value is -1.28. The number of rotatable bonds is 4. The molecule has 1 saturated heterocycles. The van der Waals surface area contributed by atoms with E-state index in [4.69, 9.17) is 0 Å². The van der Waals surface area contributed by atoms with Gasteiger partial charge < -0.3 is 5.32 Å². The maximum Gasteiger partial charge on any atom is 0.389 e. The summed E-state index contributed by atoms with van der Waals surface area (Å²) >= 11 is 0. The fourth-order valence-electron chi connectivity index (χ4n) is 2.62. The second-order valence-electron chi connectivity index (χ2n) is 5.24. The highest BCUT2D eigenvalue weighted by Gasteiger charge is 2.32. The predicted molar refractivity (Wildman–Crippen MR) is 68.8 cm³/mol. The molecule has 2 nitrogen and oxygen atoms in total. The lowest BCUT2D eigenvalue weighted by molar-refractivity contribution is -0.138. The van der Waals surface area contributed by atoms with Gasteiger partial charge in [0.25, 0.3) is 0 Å². The number of alkyl halides is 3. The normalized spacial score (nSPS) is 18.5. The van der Waals surface area contributed by atoms with Crippen LogP contribution in [-0.2, 0) is 0 Å². The Morgan fingerprint density at radius 1 is 1.00 bits per heavy atom. The van der Waals surface area contributed by atoms with Gasteiger partial charge in [0.1, 0.15) is 5.82 Å². The van der Waals surface area contributed by atoms with E-state index in [2.05, 4.69) is 5.32 Å². The quantitative estimate of drug-likeness (QED) is 0.674. The molecule has 1 aliphatic rings. The summed E-state index contributed by atoms with van der Waals surface area (Å²) in [4.78, 5) is 1.66. The van der Waals surface area contributed by atoms with Gasteiger partial charge in [-0.2, -0.15) is 13.2 Å². The fourth-order valence-corrected chi connectivity index (χ4v) is 2.62. The monoisotopic (exact) mass is 326 g/mol. The van der Waals surface area contributed by atoms with Crippen molar-refractivity contribution in [3.8, 4) is 0 Å². The first-order chi connectivity index (χ1) is 10.3. The van der Waals surface area contributed by atoms with Crippen molar-refractivity contribution in [3.05, 3.63) is 35.1 Å². The molecule has 0 unspecified atom stereocenters. The molecule has 0 spiro atoms. The number of halogens is 6. The summed E-state index contributed by atoms with van der Waals surface area (Å²) < 4.78 is 77.8. The van der Waals surface area contributed by atoms with Gasteiger partial charge in [0.2, 0.25) is 0 Å². The Labute approximate surface area is 124 Å². The first-order valence-corrected chi connectivity index (χ1v) is 6.94. The Balaban J connectivity index is 2.28. The van der Waals surface area contributed by atoms with Gasteiger partial charge in [-0.25, -0.2) is 13.2 Å². The molecule has 1 aliphatic heterocycles. The average molecular weight is 326 g/mol. The van der Waals surface area contributed by atoms with E-state index < -0.39 is 42.5 Å². The van der Waals surface area contributed by atoms with Crippen LogP contribution in [0, 0.1) is 17.5 Å². The fraction of sp³-hybridized carbons (Fsp3) is 0.571. The zero-order valence-electron chi connectivity index (χ0n) is 11.7. The third-order valence-electron chi connectivity index (χ3n) is 3.69. The van der Waals surface area contributed by atoms with Gasteiger partial charge in [-0.1, -0.05) is 0 Å². The highest BCUT2D eigenvalue weighted by atomic mass is 19.4. The lowest BCUT2D eigenvalue weighted by atomic mass is 9.98. The Morgan fingerprint density at radius 3 is 2.18 bits per heavy atom. The third kappa shape index (κ3) is 4.36. The second kappa shape index (κ2) is 6.87. The van der Waals surface area contributed by atoms with Crippen LogP contribution in [0.25, 0.3) is 0 Å². The van der Waals surface area contributed by atoms with Crippen LogP contribution in [0.4, 0.5) is 26.3 Å². The van der Waals surface area contributed by atoms with E-state index in [1.807, 2.05) is 0 Å². The highest BCUT2D eigenvalue weighted by molar-refractivity contribution is 5.24. The minimum Gasteiger partial charge on any atom is -0.314 e. The standard InChI is InChI=1S/C14H16F6N2/c15-10-8-12(17)11(16)7-9(10)13(1-2-14(18,19)20)22-5-3-21-4-6-22/h7-8,13,21H,1-6H2/t13-/m0/s1. The van der Waals surface area contributed by atoms with E-state index in [0.717, 1.165) is 0 Å². The molecule has 0 radical (unpaired) electrons. The lowest BCUT2D eigenvalue weighted by Crippen LogP contribution is -2.45. The lowest BCUT2D eigenvalue weighted by Gasteiger charge is -2.35. The largest absolute Gasteiger partial charge is 0.389 e. The molecule has 124 valence electrons. The molecule has 0 amide bonds. The summed E-state index contributed by atoms with van der Waals surface area (Å²) in [7, 11) is 0. The van der Waals surface area contributed by atoms with Crippen molar-refractivity contribution >= 4 is 0 Å². The van der Waals surface area contributed by atoms with Gasteiger partial charge in [-0.3, -0.25) is 4.90 Å². The maximum absolute atomic E-state index is 13.9. The summed E-state index contributed by atoms with van der Waals surface area (Å²) in [6.45, 7) is 1.93. The molecule has 1 N–H and O–H groups in total. The number of nitrogens with zero attached hydrogens (tertiary/aromatic N) is 1. The zero-order valence-corrected chi connectivity index (χ0v) is 11.7. The Bertz CT molecular complexity index is 511. The molecule has 0 saturated carbocycles. The van der Waals surface area contributed by atoms with E-state index in [-0.39, 0.29) is 5.56 Å². The zero-order chi connectivity index (χ0) is 16.3. The van der Waals surface area contributed by atoms with Gasteiger partial charge in [0, 0.05) is 50.3 Å².